The maximum atomic E-state index is 11.3. The van der Waals surface area contributed by atoms with Crippen LogP contribution in [0, 0.1) is 13.8 Å². The van der Waals surface area contributed by atoms with Crippen molar-refractivity contribution in [3.8, 4) is 5.69 Å². The standard InChI is InChI=1S/C14H15BrN2O/c1-9-6-4-5-7-13(9)17-14(15)12(8-10(2)18)11(3)16-17/h4-7H,8H2,1-3H3. The number of para-hydroxylation sites is 1. The van der Waals surface area contributed by atoms with E-state index in [0.29, 0.717) is 6.42 Å². The van der Waals surface area contributed by atoms with Crippen molar-refractivity contribution in [1.29, 1.82) is 0 Å². The Bertz CT molecular complexity index is 602. The number of aromatic nitrogens is 2. The molecule has 94 valence electrons. The Morgan fingerprint density at radius 2 is 2.00 bits per heavy atom. The maximum absolute atomic E-state index is 11.3. The van der Waals surface area contributed by atoms with Gasteiger partial charge in [-0.1, -0.05) is 18.2 Å². The highest BCUT2D eigenvalue weighted by molar-refractivity contribution is 9.10. The lowest BCUT2D eigenvalue weighted by molar-refractivity contribution is -0.116. The zero-order valence-corrected chi connectivity index (χ0v) is 12.3. The van der Waals surface area contributed by atoms with Gasteiger partial charge in [0.2, 0.25) is 0 Å². The smallest absolute Gasteiger partial charge is 0.134 e. The number of carbonyl (C=O) groups is 1. The van der Waals surface area contributed by atoms with E-state index in [4.69, 9.17) is 0 Å². The molecule has 0 unspecified atom stereocenters. The van der Waals surface area contributed by atoms with Gasteiger partial charge in [0.05, 0.1) is 11.4 Å². The fourth-order valence-electron chi connectivity index (χ4n) is 1.94. The van der Waals surface area contributed by atoms with Crippen LogP contribution in [-0.2, 0) is 11.2 Å². The fraction of sp³-hybridized carbons (Fsp3) is 0.286. The van der Waals surface area contributed by atoms with Crippen molar-refractivity contribution in [3.63, 3.8) is 0 Å². The van der Waals surface area contributed by atoms with E-state index in [9.17, 15) is 4.79 Å². The van der Waals surface area contributed by atoms with Gasteiger partial charge in [0, 0.05) is 12.0 Å². The number of nitrogens with zero attached hydrogens (tertiary/aromatic N) is 2. The van der Waals surface area contributed by atoms with Crippen LogP contribution in [-0.4, -0.2) is 15.6 Å². The number of hydrogen-bond acceptors (Lipinski definition) is 2. The van der Waals surface area contributed by atoms with Crippen molar-refractivity contribution in [2.24, 2.45) is 0 Å². The van der Waals surface area contributed by atoms with Crippen LogP contribution in [0.4, 0.5) is 0 Å². The Morgan fingerprint density at radius 3 is 2.61 bits per heavy atom. The molecule has 2 aromatic rings. The molecular weight excluding hydrogens is 292 g/mol. The third-order valence-corrected chi connectivity index (χ3v) is 3.71. The first-order valence-corrected chi connectivity index (χ1v) is 6.59. The zero-order chi connectivity index (χ0) is 13.3. The van der Waals surface area contributed by atoms with Crippen molar-refractivity contribution in [2.45, 2.75) is 27.2 Å². The summed E-state index contributed by atoms with van der Waals surface area (Å²) in [5.74, 6) is 0.142. The lowest BCUT2D eigenvalue weighted by Gasteiger charge is -2.07. The molecule has 0 aliphatic carbocycles. The SMILES string of the molecule is CC(=O)Cc1c(C)nn(-c2ccccc2C)c1Br. The number of halogens is 1. The number of carbonyl (C=O) groups excluding carboxylic acids is 1. The minimum atomic E-state index is 0.142. The minimum Gasteiger partial charge on any atom is -0.300 e. The van der Waals surface area contributed by atoms with E-state index < -0.39 is 0 Å². The summed E-state index contributed by atoms with van der Waals surface area (Å²) in [7, 11) is 0. The molecule has 0 aliphatic rings. The summed E-state index contributed by atoms with van der Waals surface area (Å²) in [4.78, 5) is 11.3. The second kappa shape index (κ2) is 5.06. The molecule has 0 amide bonds. The van der Waals surface area contributed by atoms with Crippen LogP contribution in [0.5, 0.6) is 0 Å². The third kappa shape index (κ3) is 2.38. The monoisotopic (exact) mass is 306 g/mol. The summed E-state index contributed by atoms with van der Waals surface area (Å²) < 4.78 is 2.72. The first-order valence-electron chi connectivity index (χ1n) is 5.80. The predicted octanol–water partition coefficient (Wildman–Crippen LogP) is 3.38. The molecular formula is C14H15BrN2O. The van der Waals surface area contributed by atoms with Gasteiger partial charge in [0.15, 0.2) is 0 Å². The Hall–Kier alpha value is -1.42. The van der Waals surface area contributed by atoms with Crippen LogP contribution in [0.25, 0.3) is 5.69 Å². The summed E-state index contributed by atoms with van der Waals surface area (Å²) in [5, 5.41) is 4.51. The van der Waals surface area contributed by atoms with Crippen molar-refractivity contribution >= 4 is 21.7 Å². The van der Waals surface area contributed by atoms with Crippen LogP contribution in [0.1, 0.15) is 23.7 Å². The van der Waals surface area contributed by atoms with Gasteiger partial charge in [-0.25, -0.2) is 4.68 Å². The quantitative estimate of drug-likeness (QED) is 0.871. The molecule has 18 heavy (non-hydrogen) atoms. The molecule has 0 N–H and O–H groups in total. The van der Waals surface area contributed by atoms with Crippen molar-refractivity contribution < 1.29 is 4.79 Å². The average Bonchev–Trinajstić information content (AvgIpc) is 2.57. The van der Waals surface area contributed by atoms with Crippen LogP contribution in [0.3, 0.4) is 0 Å². The Morgan fingerprint density at radius 1 is 1.33 bits per heavy atom. The van der Waals surface area contributed by atoms with Crippen molar-refractivity contribution in [3.05, 3.63) is 45.7 Å². The lowest BCUT2D eigenvalue weighted by atomic mass is 10.1. The van der Waals surface area contributed by atoms with Gasteiger partial charge < -0.3 is 0 Å². The van der Waals surface area contributed by atoms with E-state index in [-0.39, 0.29) is 5.78 Å². The van der Waals surface area contributed by atoms with Gasteiger partial charge in [-0.05, 0) is 48.3 Å². The molecule has 0 spiro atoms. The van der Waals surface area contributed by atoms with E-state index in [2.05, 4.69) is 21.0 Å². The molecule has 0 radical (unpaired) electrons. The normalized spacial score (nSPS) is 10.7. The van der Waals surface area contributed by atoms with E-state index in [1.807, 2.05) is 42.8 Å². The largest absolute Gasteiger partial charge is 0.300 e. The van der Waals surface area contributed by atoms with Gasteiger partial charge in [-0.15, -0.1) is 0 Å². The number of hydrogen-bond donors (Lipinski definition) is 0. The molecule has 0 atom stereocenters. The Balaban J connectivity index is 2.54. The molecule has 0 bridgehead atoms. The van der Waals surface area contributed by atoms with Gasteiger partial charge in [0.25, 0.3) is 0 Å². The van der Waals surface area contributed by atoms with Crippen LogP contribution in [0.15, 0.2) is 28.9 Å². The molecule has 0 saturated heterocycles. The third-order valence-electron chi connectivity index (χ3n) is 2.89. The molecule has 1 aromatic heterocycles. The Kier molecular flexibility index (Phi) is 3.66. The zero-order valence-electron chi connectivity index (χ0n) is 10.7. The summed E-state index contributed by atoms with van der Waals surface area (Å²) >= 11 is 3.55. The van der Waals surface area contributed by atoms with Gasteiger partial charge >= 0.3 is 0 Å². The highest BCUT2D eigenvalue weighted by Crippen LogP contribution is 2.26. The minimum absolute atomic E-state index is 0.142. The van der Waals surface area contributed by atoms with Gasteiger partial charge in [-0.2, -0.15) is 5.10 Å². The summed E-state index contributed by atoms with van der Waals surface area (Å²) in [6.07, 6.45) is 0.415. The fourth-order valence-corrected chi connectivity index (χ4v) is 2.64. The van der Waals surface area contributed by atoms with Gasteiger partial charge in [0.1, 0.15) is 10.4 Å². The Labute approximate surface area is 115 Å². The summed E-state index contributed by atoms with van der Waals surface area (Å²) in [5.41, 5.74) is 4.03. The highest BCUT2D eigenvalue weighted by atomic mass is 79.9. The topological polar surface area (TPSA) is 34.9 Å². The van der Waals surface area contributed by atoms with Gasteiger partial charge in [-0.3, -0.25) is 4.79 Å². The van der Waals surface area contributed by atoms with E-state index in [1.54, 1.807) is 6.92 Å². The molecule has 1 heterocycles. The molecule has 2 rings (SSSR count). The van der Waals surface area contributed by atoms with Crippen molar-refractivity contribution in [2.75, 3.05) is 0 Å². The van der Waals surface area contributed by atoms with Crippen LogP contribution in [0.2, 0.25) is 0 Å². The van der Waals surface area contributed by atoms with Crippen LogP contribution < -0.4 is 0 Å². The molecule has 0 saturated carbocycles. The van der Waals surface area contributed by atoms with E-state index in [1.165, 1.54) is 0 Å². The predicted molar refractivity (Wildman–Crippen MR) is 75.1 cm³/mol. The summed E-state index contributed by atoms with van der Waals surface area (Å²) in [6, 6.07) is 8.05. The number of rotatable bonds is 3. The second-order valence-electron chi connectivity index (χ2n) is 4.43. The number of benzene rings is 1. The molecule has 0 fully saturated rings. The molecule has 4 heteroatoms. The lowest BCUT2D eigenvalue weighted by Crippen LogP contribution is -2.00. The van der Waals surface area contributed by atoms with Crippen molar-refractivity contribution in [1.82, 2.24) is 9.78 Å². The number of aryl methyl sites for hydroxylation is 2. The molecule has 0 aliphatic heterocycles. The second-order valence-corrected chi connectivity index (χ2v) is 5.18. The highest BCUT2D eigenvalue weighted by Gasteiger charge is 2.16. The first kappa shape index (κ1) is 13.0. The summed E-state index contributed by atoms with van der Waals surface area (Å²) in [6.45, 7) is 5.57. The maximum Gasteiger partial charge on any atom is 0.134 e. The van der Waals surface area contributed by atoms with E-state index >= 15 is 0 Å². The first-order chi connectivity index (χ1) is 8.50. The number of Topliss-reactive ketones (excluding diaryl/α,β-unsaturated/α-hetero) is 1. The van der Waals surface area contributed by atoms with E-state index in [0.717, 1.165) is 27.1 Å². The average molecular weight is 307 g/mol. The molecule has 1 aromatic carbocycles. The van der Waals surface area contributed by atoms with Crippen LogP contribution >= 0.6 is 15.9 Å². The number of ketones is 1. The molecule has 3 nitrogen and oxygen atoms in total.